The lowest BCUT2D eigenvalue weighted by molar-refractivity contribution is 0.0732. The summed E-state index contributed by atoms with van der Waals surface area (Å²) in [4.78, 5) is 16.3. The maximum Gasteiger partial charge on any atom is 0.273 e. The molecule has 0 aliphatic carbocycles. The first-order valence-electron chi connectivity index (χ1n) is 9.47. The Balaban J connectivity index is 1.58. The van der Waals surface area contributed by atoms with Gasteiger partial charge in [0.05, 0.1) is 18.8 Å². The predicted octanol–water partition coefficient (Wildman–Crippen LogP) is 5.55. The summed E-state index contributed by atoms with van der Waals surface area (Å²) in [6.45, 7) is 0.494. The number of ether oxygens (including phenoxy) is 1. The number of halogens is 1. The fourth-order valence-corrected chi connectivity index (χ4v) is 4.83. The summed E-state index contributed by atoms with van der Waals surface area (Å²) in [5.74, 6) is 0.743. The van der Waals surface area contributed by atoms with Crippen molar-refractivity contribution in [3.8, 4) is 17.0 Å². The van der Waals surface area contributed by atoms with Gasteiger partial charge in [-0.1, -0.05) is 41.9 Å². The van der Waals surface area contributed by atoms with Crippen LogP contribution >= 0.6 is 22.9 Å². The third-order valence-corrected chi connectivity index (χ3v) is 6.48. The van der Waals surface area contributed by atoms with E-state index in [2.05, 4.69) is 16.3 Å². The summed E-state index contributed by atoms with van der Waals surface area (Å²) in [5, 5.41) is 10.2. The molecule has 2 aromatic heterocycles. The van der Waals surface area contributed by atoms with Crippen molar-refractivity contribution in [2.45, 2.75) is 12.6 Å². The quantitative estimate of drug-likeness (QED) is 0.447. The minimum atomic E-state index is -0.195. The van der Waals surface area contributed by atoms with Crippen LogP contribution in [0.3, 0.4) is 0 Å². The molecule has 0 fully saturated rings. The Bertz CT molecular complexity index is 1180. The fraction of sp³-hybridized carbons (Fsp3) is 0.130. The molecule has 30 heavy (non-hydrogen) atoms. The second kappa shape index (κ2) is 7.63. The van der Waals surface area contributed by atoms with Crippen LogP contribution in [-0.2, 0) is 6.54 Å². The van der Waals surface area contributed by atoms with Gasteiger partial charge in [-0.3, -0.25) is 9.89 Å². The number of amides is 1. The third kappa shape index (κ3) is 3.18. The van der Waals surface area contributed by atoms with Gasteiger partial charge in [0.1, 0.15) is 11.4 Å². The van der Waals surface area contributed by atoms with E-state index in [-0.39, 0.29) is 11.9 Å². The predicted molar refractivity (Wildman–Crippen MR) is 118 cm³/mol. The standard InChI is InChI=1S/C23H18ClN3O2S/c1-29-17-10-4-14(5-11-17)13-27-22(18-3-2-12-30-18)19-20(25-26-21(19)23(27)28)15-6-8-16(24)9-7-15/h2-12,22H,13H2,1H3,(H,25,26). The topological polar surface area (TPSA) is 58.2 Å². The lowest BCUT2D eigenvalue weighted by atomic mass is 10.0. The van der Waals surface area contributed by atoms with E-state index in [0.29, 0.717) is 17.3 Å². The number of thiophene rings is 1. The number of carbonyl (C=O) groups is 1. The minimum Gasteiger partial charge on any atom is -0.497 e. The van der Waals surface area contributed by atoms with Crippen LogP contribution in [-0.4, -0.2) is 28.1 Å². The maximum absolute atomic E-state index is 13.3. The van der Waals surface area contributed by atoms with Crippen molar-refractivity contribution in [1.82, 2.24) is 15.1 Å². The van der Waals surface area contributed by atoms with Crippen LogP contribution in [0.5, 0.6) is 5.75 Å². The third-order valence-electron chi connectivity index (χ3n) is 5.31. The number of nitrogens with zero attached hydrogens (tertiary/aromatic N) is 2. The molecule has 1 unspecified atom stereocenters. The molecule has 5 nitrogen and oxygen atoms in total. The highest BCUT2D eigenvalue weighted by Gasteiger charge is 2.42. The number of hydrogen-bond acceptors (Lipinski definition) is 4. The molecule has 4 aromatic rings. The van der Waals surface area contributed by atoms with E-state index >= 15 is 0 Å². The number of hydrogen-bond donors (Lipinski definition) is 1. The van der Waals surface area contributed by atoms with Crippen LogP contribution in [0, 0.1) is 0 Å². The summed E-state index contributed by atoms with van der Waals surface area (Å²) >= 11 is 7.70. The molecule has 5 rings (SSSR count). The molecule has 1 aliphatic heterocycles. The van der Waals surface area contributed by atoms with Gasteiger partial charge >= 0.3 is 0 Å². The van der Waals surface area contributed by atoms with Crippen LogP contribution in [0.2, 0.25) is 5.02 Å². The highest BCUT2D eigenvalue weighted by molar-refractivity contribution is 7.10. The highest BCUT2D eigenvalue weighted by atomic mass is 35.5. The van der Waals surface area contributed by atoms with Crippen molar-refractivity contribution in [2.75, 3.05) is 7.11 Å². The highest BCUT2D eigenvalue weighted by Crippen LogP contribution is 2.44. The van der Waals surface area contributed by atoms with E-state index in [9.17, 15) is 4.79 Å². The second-order valence-electron chi connectivity index (χ2n) is 7.07. The number of nitrogens with one attached hydrogen (secondary N) is 1. The van der Waals surface area contributed by atoms with Crippen LogP contribution in [0.15, 0.2) is 66.0 Å². The van der Waals surface area contributed by atoms with Crippen LogP contribution in [0.25, 0.3) is 11.3 Å². The molecule has 150 valence electrons. The van der Waals surface area contributed by atoms with Gasteiger partial charge in [0.25, 0.3) is 5.91 Å². The Hall–Kier alpha value is -3.09. The summed E-state index contributed by atoms with van der Waals surface area (Å²) < 4.78 is 5.25. The molecule has 3 heterocycles. The van der Waals surface area contributed by atoms with Gasteiger partial charge in [-0.25, -0.2) is 0 Å². The number of fused-ring (bicyclic) bond motifs is 1. The zero-order chi connectivity index (χ0) is 20.7. The number of carbonyl (C=O) groups excluding carboxylic acids is 1. The number of H-pyrrole nitrogens is 1. The van der Waals surface area contributed by atoms with Crippen molar-refractivity contribution in [3.05, 3.63) is 92.8 Å². The lowest BCUT2D eigenvalue weighted by Gasteiger charge is -2.25. The minimum absolute atomic E-state index is 0.0491. The normalized spacial score (nSPS) is 15.5. The zero-order valence-electron chi connectivity index (χ0n) is 16.1. The fourth-order valence-electron chi connectivity index (χ4n) is 3.86. The van der Waals surface area contributed by atoms with Crippen molar-refractivity contribution in [2.24, 2.45) is 0 Å². The summed E-state index contributed by atoms with van der Waals surface area (Å²) in [6.07, 6.45) is 0. The number of aromatic nitrogens is 2. The molecule has 1 atom stereocenters. The largest absolute Gasteiger partial charge is 0.497 e. The van der Waals surface area contributed by atoms with Gasteiger partial charge < -0.3 is 9.64 Å². The van der Waals surface area contributed by atoms with E-state index in [0.717, 1.165) is 33.0 Å². The number of aromatic amines is 1. The van der Waals surface area contributed by atoms with Gasteiger partial charge in [0.2, 0.25) is 0 Å². The first-order valence-corrected chi connectivity index (χ1v) is 10.7. The molecular weight excluding hydrogens is 418 g/mol. The first-order chi connectivity index (χ1) is 14.7. The molecule has 1 aliphatic rings. The van der Waals surface area contributed by atoms with E-state index in [1.807, 2.05) is 64.9 Å². The maximum atomic E-state index is 13.3. The number of benzene rings is 2. The average molecular weight is 436 g/mol. The second-order valence-corrected chi connectivity index (χ2v) is 8.48. The van der Waals surface area contributed by atoms with Gasteiger partial charge in [0.15, 0.2) is 0 Å². The Morgan fingerprint density at radius 3 is 2.57 bits per heavy atom. The molecular formula is C23H18ClN3O2S. The zero-order valence-corrected chi connectivity index (χ0v) is 17.7. The van der Waals surface area contributed by atoms with Gasteiger partial charge in [-0.05, 0) is 41.3 Å². The molecule has 0 saturated carbocycles. The molecule has 1 N–H and O–H groups in total. The van der Waals surface area contributed by atoms with Crippen molar-refractivity contribution in [1.29, 1.82) is 0 Å². The first kappa shape index (κ1) is 18.9. The van der Waals surface area contributed by atoms with Gasteiger partial charge in [-0.2, -0.15) is 5.10 Å². The Labute approximate surface area is 182 Å². The summed E-state index contributed by atoms with van der Waals surface area (Å²) in [6, 6.07) is 19.2. The molecule has 0 radical (unpaired) electrons. The molecule has 0 saturated heterocycles. The van der Waals surface area contributed by atoms with E-state index in [1.165, 1.54) is 0 Å². The molecule has 0 spiro atoms. The van der Waals surface area contributed by atoms with E-state index in [1.54, 1.807) is 18.4 Å². The molecule has 2 aromatic carbocycles. The van der Waals surface area contributed by atoms with Crippen molar-refractivity contribution in [3.63, 3.8) is 0 Å². The molecule has 1 amide bonds. The van der Waals surface area contributed by atoms with E-state index in [4.69, 9.17) is 16.3 Å². The molecule has 0 bridgehead atoms. The Kier molecular flexibility index (Phi) is 4.81. The summed E-state index contributed by atoms with van der Waals surface area (Å²) in [7, 11) is 1.64. The van der Waals surface area contributed by atoms with Gasteiger partial charge in [-0.15, -0.1) is 11.3 Å². The number of rotatable bonds is 5. The van der Waals surface area contributed by atoms with E-state index < -0.39 is 0 Å². The van der Waals surface area contributed by atoms with Crippen molar-refractivity contribution < 1.29 is 9.53 Å². The van der Waals surface area contributed by atoms with Crippen LogP contribution in [0.1, 0.15) is 32.5 Å². The van der Waals surface area contributed by atoms with Crippen LogP contribution in [0.4, 0.5) is 0 Å². The van der Waals surface area contributed by atoms with Gasteiger partial charge in [0, 0.05) is 27.6 Å². The summed E-state index contributed by atoms with van der Waals surface area (Å²) in [5.41, 5.74) is 4.21. The molecule has 7 heteroatoms. The number of methoxy groups -OCH3 is 1. The Morgan fingerprint density at radius 2 is 1.90 bits per heavy atom. The van der Waals surface area contributed by atoms with Crippen molar-refractivity contribution >= 4 is 28.8 Å². The van der Waals surface area contributed by atoms with Crippen LogP contribution < -0.4 is 4.74 Å². The SMILES string of the molecule is COc1ccc(CN2C(=O)c3[nH]nc(-c4ccc(Cl)cc4)c3C2c2cccs2)cc1. The monoisotopic (exact) mass is 435 g/mol. The average Bonchev–Trinajstić information content (AvgIpc) is 3.49. The Morgan fingerprint density at radius 1 is 1.13 bits per heavy atom. The lowest BCUT2D eigenvalue weighted by Crippen LogP contribution is -2.28. The smallest absolute Gasteiger partial charge is 0.273 e.